The Morgan fingerprint density at radius 3 is 2.39 bits per heavy atom. The predicted octanol–water partition coefficient (Wildman–Crippen LogP) is 6.99. The maximum Gasteiger partial charge on any atom is 0.0562 e. The molecule has 0 fully saturated rings. The van der Waals surface area contributed by atoms with E-state index in [9.17, 15) is 0 Å². The molecule has 0 atom stereocenters. The summed E-state index contributed by atoms with van der Waals surface area (Å²) in [5.41, 5.74) is 7.54. The molecule has 0 spiro atoms. The number of para-hydroxylation sites is 1. The molecule has 5 aromatic rings. The van der Waals surface area contributed by atoms with E-state index in [2.05, 4.69) is 121 Å². The van der Waals surface area contributed by atoms with Crippen LogP contribution in [0.15, 0.2) is 96.0 Å². The largest absolute Gasteiger partial charge is 0.383 e. The lowest BCUT2D eigenvalue weighted by atomic mass is 10.1. The highest BCUT2D eigenvalue weighted by Crippen LogP contribution is 2.28. The molecule has 0 aliphatic heterocycles. The zero-order valence-electron chi connectivity index (χ0n) is 19.3. The number of aromatic nitrogens is 1. The van der Waals surface area contributed by atoms with Crippen LogP contribution in [-0.2, 0) is 6.54 Å². The highest BCUT2D eigenvalue weighted by Gasteiger charge is 2.14. The number of anilines is 1. The zero-order chi connectivity index (χ0) is 22.6. The van der Waals surface area contributed by atoms with Crippen LogP contribution in [0, 0.1) is 13.8 Å². The van der Waals surface area contributed by atoms with Crippen LogP contribution in [0.1, 0.15) is 22.4 Å². The average molecular weight is 432 g/mol. The van der Waals surface area contributed by atoms with Crippen molar-refractivity contribution in [2.75, 3.05) is 18.4 Å². The van der Waals surface area contributed by atoms with Gasteiger partial charge in [0.2, 0.25) is 0 Å². The third-order valence-electron chi connectivity index (χ3n) is 6.34. The molecule has 1 N–H and O–H groups in total. The third-order valence-corrected chi connectivity index (χ3v) is 6.34. The maximum atomic E-state index is 4.80. The van der Waals surface area contributed by atoms with Gasteiger partial charge in [-0.25, -0.2) is 0 Å². The summed E-state index contributed by atoms with van der Waals surface area (Å²) >= 11 is 0. The van der Waals surface area contributed by atoms with Gasteiger partial charge in [-0.1, -0.05) is 84.9 Å². The highest BCUT2D eigenvalue weighted by atomic mass is 15.0. The zero-order valence-corrected chi connectivity index (χ0v) is 19.3. The van der Waals surface area contributed by atoms with Gasteiger partial charge in [0.25, 0.3) is 0 Å². The fraction of sp³-hybridized carbons (Fsp3) is 0.167. The van der Waals surface area contributed by atoms with Crippen LogP contribution < -0.4 is 5.32 Å². The standard InChI is InChI=1S/C30H29N3/c1-22-10-8-16-27-28(23(2)33(30(22)27)21-24-11-4-3-5-12-24)20-31-18-19-32-29-17-9-14-25-13-6-7-15-26(25)29/h3-17,20,32H,18-19,21H2,1-2H3. The molecule has 0 aliphatic carbocycles. The van der Waals surface area contributed by atoms with E-state index >= 15 is 0 Å². The van der Waals surface area contributed by atoms with Crippen LogP contribution in [0.5, 0.6) is 0 Å². The molecule has 0 saturated heterocycles. The summed E-state index contributed by atoms with van der Waals surface area (Å²) in [6.07, 6.45) is 2.06. The smallest absolute Gasteiger partial charge is 0.0562 e. The highest BCUT2D eigenvalue weighted by molar-refractivity contribution is 6.02. The minimum Gasteiger partial charge on any atom is -0.383 e. The van der Waals surface area contributed by atoms with Gasteiger partial charge in [0.15, 0.2) is 0 Å². The van der Waals surface area contributed by atoms with Gasteiger partial charge in [-0.3, -0.25) is 4.99 Å². The molecule has 0 radical (unpaired) electrons. The normalized spacial score (nSPS) is 11.6. The molecule has 5 rings (SSSR count). The lowest BCUT2D eigenvalue weighted by Crippen LogP contribution is -2.05. The van der Waals surface area contributed by atoms with E-state index in [1.165, 1.54) is 44.1 Å². The van der Waals surface area contributed by atoms with Crippen molar-refractivity contribution in [2.24, 2.45) is 4.99 Å². The van der Waals surface area contributed by atoms with E-state index in [-0.39, 0.29) is 0 Å². The van der Waals surface area contributed by atoms with E-state index in [1.807, 2.05) is 0 Å². The number of aliphatic imine (C=N–C) groups is 1. The van der Waals surface area contributed by atoms with Crippen LogP contribution in [0.2, 0.25) is 0 Å². The summed E-state index contributed by atoms with van der Waals surface area (Å²) in [7, 11) is 0. The molecule has 4 aromatic carbocycles. The summed E-state index contributed by atoms with van der Waals surface area (Å²) in [4.78, 5) is 4.80. The van der Waals surface area contributed by atoms with Crippen molar-refractivity contribution >= 4 is 33.6 Å². The van der Waals surface area contributed by atoms with Crippen LogP contribution >= 0.6 is 0 Å². The van der Waals surface area contributed by atoms with E-state index in [0.717, 1.165) is 25.3 Å². The van der Waals surface area contributed by atoms with Crippen molar-refractivity contribution in [1.29, 1.82) is 0 Å². The molecule has 1 heterocycles. The molecule has 0 aliphatic rings. The minimum absolute atomic E-state index is 0.722. The van der Waals surface area contributed by atoms with E-state index < -0.39 is 0 Å². The Morgan fingerprint density at radius 2 is 1.52 bits per heavy atom. The van der Waals surface area contributed by atoms with Gasteiger partial charge in [0.05, 0.1) is 12.1 Å². The molecular weight excluding hydrogens is 402 g/mol. The van der Waals surface area contributed by atoms with Crippen molar-refractivity contribution in [3.05, 3.63) is 113 Å². The summed E-state index contributed by atoms with van der Waals surface area (Å²) in [6, 6.07) is 32.1. The number of benzene rings is 4. The minimum atomic E-state index is 0.722. The van der Waals surface area contributed by atoms with Gasteiger partial charge in [0.1, 0.15) is 0 Å². The van der Waals surface area contributed by atoms with Crippen molar-refractivity contribution in [3.8, 4) is 0 Å². The van der Waals surface area contributed by atoms with Crippen molar-refractivity contribution < 1.29 is 0 Å². The van der Waals surface area contributed by atoms with Crippen LogP contribution in [0.3, 0.4) is 0 Å². The molecule has 0 unspecified atom stereocenters. The molecule has 3 heteroatoms. The fourth-order valence-corrected chi connectivity index (χ4v) is 4.66. The van der Waals surface area contributed by atoms with Gasteiger partial charge in [0, 0.05) is 47.0 Å². The Hall–Kier alpha value is -3.85. The molecule has 3 nitrogen and oxygen atoms in total. The molecular formula is C30H29N3. The van der Waals surface area contributed by atoms with Gasteiger partial charge < -0.3 is 9.88 Å². The van der Waals surface area contributed by atoms with E-state index in [4.69, 9.17) is 4.99 Å². The summed E-state index contributed by atoms with van der Waals surface area (Å²) in [5, 5.41) is 7.33. The molecule has 164 valence electrons. The second kappa shape index (κ2) is 9.33. The molecule has 0 saturated carbocycles. The lowest BCUT2D eigenvalue weighted by Gasteiger charge is -2.10. The first kappa shape index (κ1) is 21.0. The number of hydrogen-bond donors (Lipinski definition) is 1. The number of aryl methyl sites for hydroxylation is 1. The second-order valence-corrected chi connectivity index (χ2v) is 8.53. The van der Waals surface area contributed by atoms with Crippen LogP contribution in [0.4, 0.5) is 5.69 Å². The predicted molar refractivity (Wildman–Crippen MR) is 142 cm³/mol. The number of rotatable bonds is 7. The van der Waals surface area contributed by atoms with Crippen molar-refractivity contribution in [2.45, 2.75) is 20.4 Å². The number of nitrogens with zero attached hydrogens (tertiary/aromatic N) is 2. The Morgan fingerprint density at radius 1 is 0.788 bits per heavy atom. The fourth-order valence-electron chi connectivity index (χ4n) is 4.66. The first-order valence-corrected chi connectivity index (χ1v) is 11.6. The Labute approximate surface area is 195 Å². The van der Waals surface area contributed by atoms with Gasteiger partial charge in [-0.2, -0.15) is 0 Å². The first-order valence-electron chi connectivity index (χ1n) is 11.6. The number of fused-ring (bicyclic) bond motifs is 2. The average Bonchev–Trinajstić information content (AvgIpc) is 3.11. The van der Waals surface area contributed by atoms with Crippen molar-refractivity contribution in [1.82, 2.24) is 4.57 Å². The third kappa shape index (κ3) is 4.27. The van der Waals surface area contributed by atoms with Crippen LogP contribution in [0.25, 0.3) is 21.7 Å². The Bertz CT molecular complexity index is 1420. The van der Waals surface area contributed by atoms with Gasteiger partial charge >= 0.3 is 0 Å². The first-order chi connectivity index (χ1) is 16.2. The van der Waals surface area contributed by atoms with Gasteiger partial charge in [-0.05, 0) is 36.4 Å². The summed E-state index contributed by atoms with van der Waals surface area (Å²) < 4.78 is 2.43. The second-order valence-electron chi connectivity index (χ2n) is 8.53. The molecule has 0 amide bonds. The van der Waals surface area contributed by atoms with Crippen LogP contribution in [-0.4, -0.2) is 23.9 Å². The lowest BCUT2D eigenvalue weighted by molar-refractivity contribution is 0.802. The van der Waals surface area contributed by atoms with Gasteiger partial charge in [-0.15, -0.1) is 0 Å². The maximum absolute atomic E-state index is 4.80. The van der Waals surface area contributed by atoms with E-state index in [1.54, 1.807) is 0 Å². The van der Waals surface area contributed by atoms with Crippen molar-refractivity contribution in [3.63, 3.8) is 0 Å². The topological polar surface area (TPSA) is 29.3 Å². The van der Waals surface area contributed by atoms with E-state index in [0.29, 0.717) is 0 Å². The molecule has 0 bridgehead atoms. The quantitative estimate of drug-likeness (QED) is 0.218. The Kier molecular flexibility index (Phi) is 5.95. The number of nitrogens with one attached hydrogen (secondary N) is 1. The number of hydrogen-bond acceptors (Lipinski definition) is 2. The monoisotopic (exact) mass is 431 g/mol. The molecule has 1 aromatic heterocycles. The molecule has 33 heavy (non-hydrogen) atoms. The SMILES string of the molecule is Cc1cccc2c(C=NCCNc3cccc4ccccc34)c(C)n(Cc3ccccc3)c12. The Balaban J connectivity index is 1.36. The summed E-state index contributed by atoms with van der Waals surface area (Å²) in [6.45, 7) is 6.78. The summed E-state index contributed by atoms with van der Waals surface area (Å²) in [5.74, 6) is 0.